The van der Waals surface area contributed by atoms with Crippen molar-refractivity contribution in [1.82, 2.24) is 4.98 Å². The Kier molecular flexibility index (Phi) is 3.25. The van der Waals surface area contributed by atoms with E-state index < -0.39 is 0 Å². The van der Waals surface area contributed by atoms with Crippen molar-refractivity contribution in [2.24, 2.45) is 5.41 Å². The number of aromatic amines is 1. The van der Waals surface area contributed by atoms with Gasteiger partial charge in [0.1, 0.15) is 0 Å². The highest BCUT2D eigenvalue weighted by Crippen LogP contribution is 2.40. The highest BCUT2D eigenvalue weighted by molar-refractivity contribution is 9.10. The van der Waals surface area contributed by atoms with E-state index in [1.807, 2.05) is 24.4 Å². The second-order valence-electron chi connectivity index (χ2n) is 5.82. The largest absolute Gasteiger partial charge is 0.360 e. The monoisotopic (exact) mass is 319 g/mol. The van der Waals surface area contributed by atoms with Crippen LogP contribution in [0.25, 0.3) is 10.9 Å². The van der Waals surface area contributed by atoms with Crippen LogP contribution in [-0.4, -0.2) is 10.8 Å². The summed E-state index contributed by atoms with van der Waals surface area (Å²) in [4.78, 5) is 16.1. The van der Waals surface area contributed by atoms with Gasteiger partial charge in [-0.15, -0.1) is 0 Å². The second kappa shape index (κ2) is 4.78. The zero-order valence-electron chi connectivity index (χ0n) is 11.1. The summed E-state index contributed by atoms with van der Waals surface area (Å²) in [6, 6.07) is 6.00. The average molecular weight is 320 g/mol. The van der Waals surface area contributed by atoms with E-state index in [4.69, 9.17) is 0 Å². The lowest BCUT2D eigenvalue weighted by Gasteiger charge is -2.31. The van der Waals surface area contributed by atoms with E-state index in [9.17, 15) is 4.79 Å². The predicted octanol–water partition coefficient (Wildman–Crippen LogP) is 5.08. The third kappa shape index (κ3) is 2.14. The molecule has 1 saturated carbocycles. The molecule has 19 heavy (non-hydrogen) atoms. The van der Waals surface area contributed by atoms with Crippen molar-refractivity contribution in [3.8, 4) is 0 Å². The Bertz CT molecular complexity index is 623. The molecule has 1 aromatic carbocycles. The number of hydrogen-bond acceptors (Lipinski definition) is 1. The summed E-state index contributed by atoms with van der Waals surface area (Å²) in [5, 5.41) is 1.03. The van der Waals surface area contributed by atoms with Gasteiger partial charge >= 0.3 is 0 Å². The van der Waals surface area contributed by atoms with E-state index in [0.29, 0.717) is 5.78 Å². The Morgan fingerprint density at radius 3 is 2.74 bits per heavy atom. The number of carbonyl (C=O) groups excluding carboxylic acids is 1. The van der Waals surface area contributed by atoms with E-state index in [-0.39, 0.29) is 5.41 Å². The van der Waals surface area contributed by atoms with Crippen LogP contribution in [0.5, 0.6) is 0 Å². The number of H-pyrrole nitrogens is 1. The molecule has 1 aromatic heterocycles. The maximum Gasteiger partial charge on any atom is 0.170 e. The van der Waals surface area contributed by atoms with Gasteiger partial charge < -0.3 is 4.98 Å². The molecule has 0 unspecified atom stereocenters. The van der Waals surface area contributed by atoms with Crippen LogP contribution in [0.15, 0.2) is 28.9 Å². The van der Waals surface area contributed by atoms with Gasteiger partial charge in [0.05, 0.1) is 0 Å². The second-order valence-corrected chi connectivity index (χ2v) is 6.67. The lowest BCUT2D eigenvalue weighted by molar-refractivity contribution is 0.0751. The average Bonchev–Trinajstić information content (AvgIpc) is 2.84. The molecule has 100 valence electrons. The first-order chi connectivity index (χ1) is 9.12. The summed E-state index contributed by atoms with van der Waals surface area (Å²) >= 11 is 3.56. The third-order valence-electron chi connectivity index (χ3n) is 4.40. The van der Waals surface area contributed by atoms with Crippen molar-refractivity contribution in [1.29, 1.82) is 0 Å². The predicted molar refractivity (Wildman–Crippen MR) is 81.5 cm³/mol. The Balaban J connectivity index is 2.07. The first kappa shape index (κ1) is 12.9. The van der Waals surface area contributed by atoms with Gasteiger partial charge in [0.25, 0.3) is 0 Å². The van der Waals surface area contributed by atoms with E-state index >= 15 is 0 Å². The SMILES string of the molecule is CC1(C(=O)c2c[nH]c3cccc(Br)c23)CCCCC1. The van der Waals surface area contributed by atoms with Crippen molar-refractivity contribution >= 4 is 32.6 Å². The van der Waals surface area contributed by atoms with Gasteiger partial charge in [-0.25, -0.2) is 0 Å². The number of nitrogens with one attached hydrogen (secondary N) is 1. The molecule has 1 aliphatic carbocycles. The normalized spacial score (nSPS) is 18.6. The Morgan fingerprint density at radius 2 is 2.00 bits per heavy atom. The van der Waals surface area contributed by atoms with Crippen LogP contribution in [-0.2, 0) is 0 Å². The lowest BCUT2D eigenvalue weighted by Crippen LogP contribution is -2.30. The third-order valence-corrected chi connectivity index (χ3v) is 5.07. The minimum atomic E-state index is -0.178. The maximum absolute atomic E-state index is 12.9. The summed E-state index contributed by atoms with van der Waals surface area (Å²) < 4.78 is 0.994. The first-order valence-electron chi connectivity index (χ1n) is 6.92. The number of Topliss-reactive ketones (excluding diaryl/α,β-unsaturated/α-hetero) is 1. The molecule has 0 saturated heterocycles. The highest BCUT2D eigenvalue weighted by atomic mass is 79.9. The fourth-order valence-electron chi connectivity index (χ4n) is 3.20. The molecular formula is C16H18BrNO. The fraction of sp³-hybridized carbons (Fsp3) is 0.438. The summed E-state index contributed by atoms with van der Waals surface area (Å²) in [6.07, 6.45) is 7.52. The number of fused-ring (bicyclic) bond motifs is 1. The van der Waals surface area contributed by atoms with Gasteiger partial charge in [-0.1, -0.05) is 48.2 Å². The molecular weight excluding hydrogens is 302 g/mol. The van der Waals surface area contributed by atoms with Crippen LogP contribution in [0.1, 0.15) is 49.4 Å². The number of halogens is 1. The van der Waals surface area contributed by atoms with Crippen molar-refractivity contribution in [3.63, 3.8) is 0 Å². The molecule has 0 atom stereocenters. The number of benzene rings is 1. The Morgan fingerprint density at radius 1 is 1.26 bits per heavy atom. The smallest absolute Gasteiger partial charge is 0.170 e. The molecule has 0 spiro atoms. The van der Waals surface area contributed by atoms with E-state index in [1.54, 1.807) is 0 Å². The van der Waals surface area contributed by atoms with Crippen LogP contribution < -0.4 is 0 Å². The minimum Gasteiger partial charge on any atom is -0.360 e. The fourth-order valence-corrected chi connectivity index (χ4v) is 3.78. The van der Waals surface area contributed by atoms with Crippen molar-refractivity contribution in [2.45, 2.75) is 39.0 Å². The van der Waals surface area contributed by atoms with E-state index in [1.165, 1.54) is 19.3 Å². The number of aromatic nitrogens is 1. The van der Waals surface area contributed by atoms with Gasteiger partial charge in [-0.05, 0) is 25.0 Å². The van der Waals surface area contributed by atoms with Crippen LogP contribution in [0.2, 0.25) is 0 Å². The van der Waals surface area contributed by atoms with Gasteiger partial charge in [-0.3, -0.25) is 4.79 Å². The van der Waals surface area contributed by atoms with Crippen LogP contribution in [0.4, 0.5) is 0 Å². The maximum atomic E-state index is 12.9. The first-order valence-corrected chi connectivity index (χ1v) is 7.71. The molecule has 0 amide bonds. The standard InChI is InChI=1S/C16H18BrNO/c1-16(8-3-2-4-9-16)15(19)11-10-18-13-7-5-6-12(17)14(11)13/h5-7,10,18H,2-4,8-9H2,1H3. The molecule has 2 aromatic rings. The van der Waals surface area contributed by atoms with Crippen LogP contribution in [0, 0.1) is 5.41 Å². The van der Waals surface area contributed by atoms with Gasteiger partial charge in [0.15, 0.2) is 5.78 Å². The van der Waals surface area contributed by atoms with Gasteiger partial charge in [-0.2, -0.15) is 0 Å². The topological polar surface area (TPSA) is 32.9 Å². The van der Waals surface area contributed by atoms with E-state index in [0.717, 1.165) is 33.8 Å². The number of hydrogen-bond donors (Lipinski definition) is 1. The molecule has 1 N–H and O–H groups in total. The molecule has 0 aliphatic heterocycles. The molecule has 1 fully saturated rings. The quantitative estimate of drug-likeness (QED) is 0.769. The zero-order chi connectivity index (χ0) is 13.5. The highest BCUT2D eigenvalue weighted by Gasteiger charge is 2.36. The van der Waals surface area contributed by atoms with E-state index in [2.05, 4.69) is 27.8 Å². The number of rotatable bonds is 2. The molecule has 3 rings (SSSR count). The number of carbonyl (C=O) groups is 1. The summed E-state index contributed by atoms with van der Waals surface area (Å²) in [6.45, 7) is 2.13. The molecule has 1 heterocycles. The molecule has 0 bridgehead atoms. The lowest BCUT2D eigenvalue weighted by atomic mass is 9.71. The van der Waals surface area contributed by atoms with Gasteiger partial charge in [0.2, 0.25) is 0 Å². The summed E-state index contributed by atoms with van der Waals surface area (Å²) in [7, 11) is 0. The van der Waals surface area contributed by atoms with Crippen molar-refractivity contribution in [2.75, 3.05) is 0 Å². The number of ketones is 1. The van der Waals surface area contributed by atoms with Gasteiger partial charge in [0, 0.05) is 32.6 Å². The van der Waals surface area contributed by atoms with Crippen molar-refractivity contribution < 1.29 is 4.79 Å². The molecule has 1 aliphatic rings. The minimum absolute atomic E-state index is 0.178. The van der Waals surface area contributed by atoms with Crippen molar-refractivity contribution in [3.05, 3.63) is 34.4 Å². The molecule has 3 heteroatoms. The van der Waals surface area contributed by atoms with Crippen LogP contribution >= 0.6 is 15.9 Å². The molecule has 0 radical (unpaired) electrons. The Hall–Kier alpha value is -1.09. The summed E-state index contributed by atoms with van der Waals surface area (Å²) in [5.74, 6) is 0.297. The Labute approximate surface area is 121 Å². The zero-order valence-corrected chi connectivity index (χ0v) is 12.7. The summed E-state index contributed by atoms with van der Waals surface area (Å²) in [5.41, 5.74) is 1.69. The van der Waals surface area contributed by atoms with Crippen LogP contribution in [0.3, 0.4) is 0 Å². The molecule has 2 nitrogen and oxygen atoms in total.